The van der Waals surface area contributed by atoms with Crippen molar-refractivity contribution in [2.45, 2.75) is 0 Å². The van der Waals surface area contributed by atoms with Crippen molar-refractivity contribution in [3.8, 4) is 0 Å². The fraction of sp³-hybridized carbons (Fsp3) is 0.222. The molecule has 0 aliphatic heterocycles. The van der Waals surface area contributed by atoms with Crippen molar-refractivity contribution in [2.24, 2.45) is 0 Å². The van der Waals surface area contributed by atoms with E-state index >= 15 is 0 Å². The van der Waals surface area contributed by atoms with Gasteiger partial charge in [-0.25, -0.2) is 9.99 Å². The van der Waals surface area contributed by atoms with Gasteiger partial charge in [-0.1, -0.05) is 29.0 Å². The van der Waals surface area contributed by atoms with Gasteiger partial charge < -0.3 is 0 Å². The van der Waals surface area contributed by atoms with Crippen molar-refractivity contribution in [3.05, 3.63) is 23.2 Å². The van der Waals surface area contributed by atoms with Crippen molar-refractivity contribution in [3.63, 3.8) is 0 Å². The summed E-state index contributed by atoms with van der Waals surface area (Å²) in [5.74, 6) is 0. The zero-order chi connectivity index (χ0) is 10.1. The minimum atomic E-state index is 0.756. The fourth-order valence-electron chi connectivity index (χ4n) is 1.15. The maximum absolute atomic E-state index is 6.04. The molecule has 1 N–H and O–H groups in total. The average Bonchev–Trinajstić information content (AvgIpc) is 2.47. The SMILES string of the molecule is CN(C)Nc1nc2cccc(Cl)c2s1. The Hall–Kier alpha value is -0.840. The zero-order valence-electron chi connectivity index (χ0n) is 7.91. The third-order valence-corrected chi connectivity index (χ3v) is 3.12. The predicted octanol–water partition coefficient (Wildman–Crippen LogP) is 2.84. The first kappa shape index (κ1) is 9.71. The van der Waals surface area contributed by atoms with E-state index in [1.807, 2.05) is 37.3 Å². The van der Waals surface area contributed by atoms with E-state index in [0.29, 0.717) is 0 Å². The second-order valence-corrected chi connectivity index (χ2v) is 4.52. The molecule has 0 saturated carbocycles. The molecule has 0 aliphatic rings. The standard InChI is InChI=1S/C9H10ClN3S/c1-13(2)12-9-11-7-5-3-4-6(10)8(7)14-9/h3-5H,1-2H3,(H,11,12). The van der Waals surface area contributed by atoms with Crippen LogP contribution in [-0.2, 0) is 0 Å². The molecule has 0 fully saturated rings. The summed E-state index contributed by atoms with van der Waals surface area (Å²) in [4.78, 5) is 4.39. The van der Waals surface area contributed by atoms with Gasteiger partial charge in [0.25, 0.3) is 0 Å². The van der Waals surface area contributed by atoms with Gasteiger partial charge >= 0.3 is 0 Å². The van der Waals surface area contributed by atoms with E-state index in [9.17, 15) is 0 Å². The Balaban J connectivity index is 2.46. The second kappa shape index (κ2) is 3.73. The minimum Gasteiger partial charge on any atom is -0.295 e. The van der Waals surface area contributed by atoms with Crippen molar-refractivity contribution >= 4 is 38.3 Å². The molecule has 0 bridgehead atoms. The Kier molecular flexibility index (Phi) is 2.58. The predicted molar refractivity (Wildman–Crippen MR) is 61.9 cm³/mol. The maximum Gasteiger partial charge on any atom is 0.198 e. The molecule has 14 heavy (non-hydrogen) atoms. The topological polar surface area (TPSA) is 28.2 Å². The number of fused-ring (bicyclic) bond motifs is 1. The largest absolute Gasteiger partial charge is 0.295 e. The normalized spacial score (nSPS) is 11.1. The van der Waals surface area contributed by atoms with E-state index in [1.165, 1.54) is 0 Å². The number of nitrogens with zero attached hydrogens (tertiary/aromatic N) is 2. The summed E-state index contributed by atoms with van der Waals surface area (Å²) >= 11 is 7.59. The maximum atomic E-state index is 6.04. The summed E-state index contributed by atoms with van der Waals surface area (Å²) in [5, 5.41) is 3.47. The highest BCUT2D eigenvalue weighted by Crippen LogP contribution is 2.31. The lowest BCUT2D eigenvalue weighted by atomic mass is 10.3. The molecule has 0 saturated heterocycles. The monoisotopic (exact) mass is 227 g/mol. The quantitative estimate of drug-likeness (QED) is 0.800. The molecule has 1 heterocycles. The van der Waals surface area contributed by atoms with Crippen molar-refractivity contribution in [1.82, 2.24) is 9.99 Å². The molecule has 0 aliphatic carbocycles. The van der Waals surface area contributed by atoms with Crippen molar-refractivity contribution in [2.75, 3.05) is 19.5 Å². The lowest BCUT2D eigenvalue weighted by Gasteiger charge is -2.08. The molecule has 0 radical (unpaired) electrons. The first-order chi connectivity index (χ1) is 6.66. The van der Waals surface area contributed by atoms with Crippen LogP contribution in [0.5, 0.6) is 0 Å². The van der Waals surface area contributed by atoms with Crippen molar-refractivity contribution < 1.29 is 0 Å². The van der Waals surface area contributed by atoms with E-state index in [4.69, 9.17) is 11.6 Å². The summed E-state index contributed by atoms with van der Waals surface area (Å²) in [7, 11) is 3.85. The van der Waals surface area contributed by atoms with Crippen LogP contribution in [0.25, 0.3) is 10.2 Å². The molecule has 74 valence electrons. The highest BCUT2D eigenvalue weighted by molar-refractivity contribution is 7.22. The van der Waals surface area contributed by atoms with Gasteiger partial charge in [0.1, 0.15) is 0 Å². The Morgan fingerprint density at radius 3 is 2.86 bits per heavy atom. The van der Waals surface area contributed by atoms with Gasteiger partial charge in [0, 0.05) is 14.1 Å². The Morgan fingerprint density at radius 2 is 2.21 bits per heavy atom. The highest BCUT2D eigenvalue weighted by atomic mass is 35.5. The van der Waals surface area contributed by atoms with Gasteiger partial charge in [0.15, 0.2) is 5.13 Å². The van der Waals surface area contributed by atoms with E-state index < -0.39 is 0 Å². The van der Waals surface area contributed by atoms with Crippen LogP contribution in [0.3, 0.4) is 0 Å². The second-order valence-electron chi connectivity index (χ2n) is 3.11. The molecular weight excluding hydrogens is 218 g/mol. The first-order valence-electron chi connectivity index (χ1n) is 4.16. The number of hydrogen-bond donors (Lipinski definition) is 1. The smallest absolute Gasteiger partial charge is 0.198 e. The van der Waals surface area contributed by atoms with Crippen LogP contribution in [0, 0.1) is 0 Å². The number of nitrogens with one attached hydrogen (secondary N) is 1. The third-order valence-electron chi connectivity index (χ3n) is 1.69. The molecule has 0 spiro atoms. The fourth-order valence-corrected chi connectivity index (χ4v) is 2.39. The number of halogens is 1. The first-order valence-corrected chi connectivity index (χ1v) is 5.35. The number of aromatic nitrogens is 1. The van der Waals surface area contributed by atoms with Crippen LogP contribution in [-0.4, -0.2) is 24.1 Å². The van der Waals surface area contributed by atoms with Gasteiger partial charge in [-0.3, -0.25) is 5.43 Å². The lowest BCUT2D eigenvalue weighted by Crippen LogP contribution is -2.19. The van der Waals surface area contributed by atoms with Crippen LogP contribution in [0.1, 0.15) is 0 Å². The van der Waals surface area contributed by atoms with Crippen LogP contribution in [0.2, 0.25) is 5.02 Å². The highest BCUT2D eigenvalue weighted by Gasteiger charge is 2.06. The van der Waals surface area contributed by atoms with E-state index in [-0.39, 0.29) is 0 Å². The Labute approximate surface area is 91.3 Å². The van der Waals surface area contributed by atoms with Crippen molar-refractivity contribution in [1.29, 1.82) is 0 Å². The summed E-state index contributed by atoms with van der Waals surface area (Å²) in [5.41, 5.74) is 4.04. The van der Waals surface area contributed by atoms with Gasteiger partial charge in [0.2, 0.25) is 0 Å². The summed E-state index contributed by atoms with van der Waals surface area (Å²) in [6.45, 7) is 0. The number of thiazole rings is 1. The van der Waals surface area contributed by atoms with E-state index in [0.717, 1.165) is 20.4 Å². The number of benzene rings is 1. The number of hydrogen-bond acceptors (Lipinski definition) is 4. The summed E-state index contributed by atoms with van der Waals surface area (Å²) in [6.07, 6.45) is 0. The third kappa shape index (κ3) is 1.82. The van der Waals surface area contributed by atoms with Crippen LogP contribution in [0.15, 0.2) is 18.2 Å². The molecule has 0 unspecified atom stereocenters. The van der Waals surface area contributed by atoms with Gasteiger partial charge in [0.05, 0.1) is 15.2 Å². The number of hydrazine groups is 1. The van der Waals surface area contributed by atoms with Gasteiger partial charge in [-0.05, 0) is 12.1 Å². The van der Waals surface area contributed by atoms with Crippen LogP contribution >= 0.6 is 22.9 Å². The summed E-state index contributed by atoms with van der Waals surface area (Å²) in [6, 6.07) is 5.74. The van der Waals surface area contributed by atoms with Crippen LogP contribution in [0.4, 0.5) is 5.13 Å². The minimum absolute atomic E-state index is 0.756. The molecule has 5 heteroatoms. The molecule has 2 aromatic rings. The Bertz CT molecular complexity index is 452. The van der Waals surface area contributed by atoms with E-state index in [1.54, 1.807) is 11.3 Å². The zero-order valence-corrected chi connectivity index (χ0v) is 9.49. The molecule has 1 aromatic carbocycles. The molecular formula is C9H10ClN3S. The summed E-state index contributed by atoms with van der Waals surface area (Å²) < 4.78 is 1.03. The van der Waals surface area contributed by atoms with Gasteiger partial charge in [-0.15, -0.1) is 0 Å². The lowest BCUT2D eigenvalue weighted by molar-refractivity contribution is 0.495. The average molecular weight is 228 g/mol. The Morgan fingerprint density at radius 1 is 1.43 bits per heavy atom. The molecule has 2 rings (SSSR count). The van der Waals surface area contributed by atoms with Crippen LogP contribution < -0.4 is 5.43 Å². The van der Waals surface area contributed by atoms with Gasteiger partial charge in [-0.2, -0.15) is 0 Å². The molecule has 3 nitrogen and oxygen atoms in total. The number of anilines is 1. The molecule has 1 aromatic heterocycles. The molecule has 0 atom stereocenters. The number of rotatable bonds is 2. The van der Waals surface area contributed by atoms with E-state index in [2.05, 4.69) is 10.4 Å². The molecule has 0 amide bonds.